The van der Waals surface area contributed by atoms with Crippen LogP contribution in [0.25, 0.3) is 0 Å². The van der Waals surface area contributed by atoms with Crippen molar-refractivity contribution in [2.75, 3.05) is 26.7 Å². The van der Waals surface area contributed by atoms with Crippen molar-refractivity contribution in [3.63, 3.8) is 0 Å². The lowest BCUT2D eigenvalue weighted by Gasteiger charge is -2.33. The fourth-order valence-corrected chi connectivity index (χ4v) is 3.65. The minimum atomic E-state index is -0.815. The Kier molecular flexibility index (Phi) is 9.97. The van der Waals surface area contributed by atoms with Crippen LogP contribution < -0.4 is 10.6 Å². The highest BCUT2D eigenvalue weighted by Crippen LogP contribution is 2.17. The minimum Gasteiger partial charge on any atom is -0.356 e. The van der Waals surface area contributed by atoms with Gasteiger partial charge in [-0.1, -0.05) is 43.3 Å². The summed E-state index contributed by atoms with van der Waals surface area (Å²) < 4.78 is 26.6. The van der Waals surface area contributed by atoms with Gasteiger partial charge in [0.15, 0.2) is 17.6 Å². The van der Waals surface area contributed by atoms with Crippen LogP contribution in [0.4, 0.5) is 8.78 Å². The lowest BCUT2D eigenvalue weighted by Crippen LogP contribution is -2.49. The van der Waals surface area contributed by atoms with E-state index in [0.717, 1.165) is 44.0 Å². The first kappa shape index (κ1) is 24.5. The minimum absolute atomic E-state index is 0. The molecule has 164 valence electrons. The zero-order chi connectivity index (χ0) is 20.6. The first-order valence-electron chi connectivity index (χ1n) is 10.2. The topological polar surface area (TPSA) is 39.7 Å². The SMILES string of the molecule is CN=C(NCC(C)c1ccc(F)c(F)c1)NC1CCN(Cc2ccccc2)CC1.I. The van der Waals surface area contributed by atoms with Gasteiger partial charge >= 0.3 is 0 Å². The average molecular weight is 528 g/mol. The van der Waals surface area contributed by atoms with Crippen LogP contribution in [0.3, 0.4) is 0 Å². The molecular formula is C23H31F2IN4. The number of nitrogens with one attached hydrogen (secondary N) is 2. The molecule has 7 heteroatoms. The first-order chi connectivity index (χ1) is 14.0. The number of nitrogens with zero attached hydrogens (tertiary/aromatic N) is 2. The van der Waals surface area contributed by atoms with Crippen LogP contribution in [0.1, 0.15) is 36.8 Å². The maximum Gasteiger partial charge on any atom is 0.191 e. The van der Waals surface area contributed by atoms with Crippen molar-refractivity contribution >= 4 is 29.9 Å². The molecular weight excluding hydrogens is 497 g/mol. The van der Waals surface area contributed by atoms with E-state index in [1.165, 1.54) is 17.7 Å². The Labute approximate surface area is 195 Å². The first-order valence-corrected chi connectivity index (χ1v) is 10.2. The van der Waals surface area contributed by atoms with Crippen LogP contribution in [-0.4, -0.2) is 43.6 Å². The number of halogens is 3. The van der Waals surface area contributed by atoms with Gasteiger partial charge in [0.1, 0.15) is 0 Å². The van der Waals surface area contributed by atoms with Crippen LogP contribution >= 0.6 is 24.0 Å². The Balaban J connectivity index is 0.00000320. The van der Waals surface area contributed by atoms with Gasteiger partial charge in [0.25, 0.3) is 0 Å². The van der Waals surface area contributed by atoms with Crippen LogP contribution in [0.2, 0.25) is 0 Å². The second-order valence-corrected chi connectivity index (χ2v) is 7.71. The molecule has 4 nitrogen and oxygen atoms in total. The number of benzene rings is 2. The maximum absolute atomic E-state index is 13.4. The van der Waals surface area contributed by atoms with Crippen molar-refractivity contribution in [1.29, 1.82) is 0 Å². The zero-order valence-electron chi connectivity index (χ0n) is 17.6. The van der Waals surface area contributed by atoms with E-state index in [9.17, 15) is 8.78 Å². The molecule has 1 aliphatic rings. The summed E-state index contributed by atoms with van der Waals surface area (Å²) >= 11 is 0. The predicted molar refractivity (Wildman–Crippen MR) is 129 cm³/mol. The third kappa shape index (κ3) is 7.19. The summed E-state index contributed by atoms with van der Waals surface area (Å²) in [6.45, 7) is 5.67. The number of likely N-dealkylation sites (tertiary alicyclic amines) is 1. The van der Waals surface area contributed by atoms with E-state index in [0.29, 0.717) is 12.6 Å². The summed E-state index contributed by atoms with van der Waals surface area (Å²) in [6.07, 6.45) is 2.12. The lowest BCUT2D eigenvalue weighted by molar-refractivity contribution is 0.198. The van der Waals surface area contributed by atoms with Gasteiger partial charge in [0, 0.05) is 39.3 Å². The van der Waals surface area contributed by atoms with Crippen LogP contribution in [0.15, 0.2) is 53.5 Å². The molecule has 1 heterocycles. The van der Waals surface area contributed by atoms with Gasteiger partial charge < -0.3 is 10.6 Å². The molecule has 0 aliphatic carbocycles. The number of rotatable bonds is 6. The summed E-state index contributed by atoms with van der Waals surface area (Å²) in [5.41, 5.74) is 2.11. The fourth-order valence-electron chi connectivity index (χ4n) is 3.65. The van der Waals surface area contributed by atoms with Crippen molar-refractivity contribution in [3.8, 4) is 0 Å². The summed E-state index contributed by atoms with van der Waals surface area (Å²) in [5, 5.41) is 6.80. The molecule has 0 radical (unpaired) electrons. The van der Waals surface area contributed by atoms with Crippen molar-refractivity contribution in [1.82, 2.24) is 15.5 Å². The van der Waals surface area contributed by atoms with Crippen LogP contribution in [0, 0.1) is 11.6 Å². The molecule has 0 aromatic heterocycles. The third-order valence-electron chi connectivity index (χ3n) is 5.49. The summed E-state index contributed by atoms with van der Waals surface area (Å²) in [6, 6.07) is 15.0. The van der Waals surface area contributed by atoms with E-state index in [1.807, 2.05) is 13.0 Å². The van der Waals surface area contributed by atoms with E-state index < -0.39 is 11.6 Å². The molecule has 1 atom stereocenters. The van der Waals surface area contributed by atoms with E-state index >= 15 is 0 Å². The molecule has 0 saturated carbocycles. The maximum atomic E-state index is 13.4. The standard InChI is InChI=1S/C23H30F2N4.HI/c1-17(19-8-9-21(24)22(25)14-19)15-27-23(26-2)28-20-10-12-29(13-11-20)16-18-6-4-3-5-7-18;/h3-9,14,17,20H,10-13,15-16H2,1-2H3,(H2,26,27,28);1H. The monoisotopic (exact) mass is 528 g/mol. The highest BCUT2D eigenvalue weighted by atomic mass is 127. The number of hydrogen-bond acceptors (Lipinski definition) is 2. The largest absolute Gasteiger partial charge is 0.356 e. The Morgan fingerprint density at radius 3 is 2.43 bits per heavy atom. The van der Waals surface area contributed by atoms with Gasteiger partial charge in [-0.15, -0.1) is 24.0 Å². The highest BCUT2D eigenvalue weighted by molar-refractivity contribution is 14.0. The second kappa shape index (κ2) is 12.2. The predicted octanol–water partition coefficient (Wildman–Crippen LogP) is 4.52. The summed E-state index contributed by atoms with van der Waals surface area (Å²) in [4.78, 5) is 6.79. The average Bonchev–Trinajstić information content (AvgIpc) is 2.74. The van der Waals surface area contributed by atoms with Crippen LogP contribution in [0.5, 0.6) is 0 Å². The number of piperidine rings is 1. The van der Waals surface area contributed by atoms with E-state index in [2.05, 4.69) is 44.8 Å². The molecule has 3 rings (SSSR count). The highest BCUT2D eigenvalue weighted by Gasteiger charge is 2.20. The van der Waals surface area contributed by atoms with Gasteiger partial charge in [-0.05, 0) is 42.0 Å². The number of guanidine groups is 1. The van der Waals surface area contributed by atoms with Gasteiger partial charge in [-0.25, -0.2) is 8.78 Å². The van der Waals surface area contributed by atoms with Gasteiger partial charge in [0.05, 0.1) is 0 Å². The van der Waals surface area contributed by atoms with Gasteiger partial charge in [-0.3, -0.25) is 9.89 Å². The molecule has 30 heavy (non-hydrogen) atoms. The summed E-state index contributed by atoms with van der Waals surface area (Å²) in [5.74, 6) is -0.832. The van der Waals surface area contributed by atoms with Crippen molar-refractivity contribution in [2.24, 2.45) is 4.99 Å². The summed E-state index contributed by atoms with van der Waals surface area (Å²) in [7, 11) is 1.75. The second-order valence-electron chi connectivity index (χ2n) is 7.71. The van der Waals surface area contributed by atoms with Crippen molar-refractivity contribution in [3.05, 3.63) is 71.3 Å². The Bertz CT molecular complexity index is 808. The smallest absolute Gasteiger partial charge is 0.191 e. The Morgan fingerprint density at radius 2 is 1.80 bits per heavy atom. The molecule has 1 saturated heterocycles. The molecule has 2 N–H and O–H groups in total. The van der Waals surface area contributed by atoms with E-state index in [-0.39, 0.29) is 29.9 Å². The zero-order valence-corrected chi connectivity index (χ0v) is 19.9. The molecule has 0 bridgehead atoms. The van der Waals surface area contributed by atoms with E-state index in [4.69, 9.17) is 0 Å². The molecule has 0 spiro atoms. The molecule has 2 aromatic rings. The molecule has 1 aliphatic heterocycles. The third-order valence-corrected chi connectivity index (χ3v) is 5.49. The Morgan fingerprint density at radius 1 is 1.10 bits per heavy atom. The molecule has 1 fully saturated rings. The van der Waals surface area contributed by atoms with Crippen molar-refractivity contribution < 1.29 is 8.78 Å². The number of hydrogen-bond donors (Lipinski definition) is 2. The molecule has 0 amide bonds. The van der Waals surface area contributed by atoms with E-state index in [1.54, 1.807) is 13.1 Å². The Hall–Kier alpha value is -1.74. The van der Waals surface area contributed by atoms with Gasteiger partial charge in [0.2, 0.25) is 0 Å². The normalized spacial score (nSPS) is 16.6. The molecule has 2 aromatic carbocycles. The van der Waals surface area contributed by atoms with Gasteiger partial charge in [-0.2, -0.15) is 0 Å². The number of aliphatic imine (C=N–C) groups is 1. The molecule has 1 unspecified atom stereocenters. The van der Waals surface area contributed by atoms with Crippen LogP contribution in [-0.2, 0) is 6.54 Å². The lowest BCUT2D eigenvalue weighted by atomic mass is 10.0. The fraction of sp³-hybridized carbons (Fsp3) is 0.435. The quantitative estimate of drug-likeness (QED) is 0.329. The van der Waals surface area contributed by atoms with Crippen molar-refractivity contribution in [2.45, 2.75) is 38.3 Å².